The van der Waals surface area contributed by atoms with Crippen molar-refractivity contribution >= 4 is 0 Å². The van der Waals surface area contributed by atoms with Crippen molar-refractivity contribution in [1.29, 1.82) is 0 Å². The Morgan fingerprint density at radius 3 is 1.05 bits per heavy atom. The first-order valence-corrected chi connectivity index (χ1v) is 6.86. The highest BCUT2D eigenvalue weighted by molar-refractivity contribution is 4.96. The van der Waals surface area contributed by atoms with Crippen LogP contribution in [0.4, 0.5) is 0 Å². The summed E-state index contributed by atoms with van der Waals surface area (Å²) in [4.78, 5) is 0. The molecule has 20 heavy (non-hydrogen) atoms. The van der Waals surface area contributed by atoms with E-state index in [-0.39, 0.29) is 0 Å². The van der Waals surface area contributed by atoms with Crippen molar-refractivity contribution in [3.63, 3.8) is 0 Å². The highest BCUT2D eigenvalue weighted by atomic mass is 16.6. The van der Waals surface area contributed by atoms with Gasteiger partial charge in [-0.25, -0.2) is 0 Å². The zero-order chi connectivity index (χ0) is 14.1. The van der Waals surface area contributed by atoms with Crippen molar-refractivity contribution in [3.8, 4) is 0 Å². The van der Waals surface area contributed by atoms with Gasteiger partial charge in [-0.2, -0.15) is 0 Å². The van der Waals surface area contributed by atoms with Crippen LogP contribution in [0.15, 0.2) is 24.7 Å². The topological polar surface area (TPSA) is 55.4 Å². The fourth-order valence-electron chi connectivity index (χ4n) is 1.31. The van der Waals surface area contributed by atoms with Gasteiger partial charge in [-0.15, -0.1) is 0 Å². The molecule has 116 valence electrons. The van der Waals surface area contributed by atoms with E-state index >= 15 is 0 Å². The van der Waals surface area contributed by atoms with Crippen molar-refractivity contribution < 1.29 is 28.4 Å². The molecule has 1 aliphatic rings. The summed E-state index contributed by atoms with van der Waals surface area (Å²) < 4.78 is 31.8. The van der Waals surface area contributed by atoms with Crippen LogP contribution in [0.1, 0.15) is 0 Å². The molecule has 1 rings (SSSR count). The Morgan fingerprint density at radius 2 is 0.700 bits per heavy atom. The SMILES string of the molecule is C1=C\OCCOCCOCCOCCOCCO/C=C/1. The number of hydrogen-bond acceptors (Lipinski definition) is 6. The second kappa shape index (κ2) is 14.3. The number of allylic oxidation sites excluding steroid dienone is 2. The molecule has 0 unspecified atom stereocenters. The first-order chi connectivity index (χ1) is 10.0. The van der Waals surface area contributed by atoms with Crippen LogP contribution < -0.4 is 0 Å². The van der Waals surface area contributed by atoms with Crippen molar-refractivity contribution in [1.82, 2.24) is 0 Å². The molecule has 0 amide bonds. The average Bonchev–Trinajstić information content (AvgIpc) is 2.46. The van der Waals surface area contributed by atoms with Crippen LogP contribution in [-0.2, 0) is 28.4 Å². The van der Waals surface area contributed by atoms with Crippen molar-refractivity contribution in [2.75, 3.05) is 66.1 Å². The monoisotopic (exact) mass is 288 g/mol. The smallest absolute Gasteiger partial charge is 0.111 e. The molecular formula is C14H24O6. The Hall–Kier alpha value is -1.08. The number of rotatable bonds is 0. The van der Waals surface area contributed by atoms with Crippen LogP contribution in [0.5, 0.6) is 0 Å². The van der Waals surface area contributed by atoms with E-state index < -0.39 is 0 Å². The molecule has 0 aliphatic carbocycles. The quantitative estimate of drug-likeness (QED) is 0.666. The van der Waals surface area contributed by atoms with E-state index in [2.05, 4.69) is 0 Å². The van der Waals surface area contributed by atoms with Crippen LogP contribution in [0.2, 0.25) is 0 Å². The van der Waals surface area contributed by atoms with Crippen molar-refractivity contribution in [3.05, 3.63) is 24.7 Å². The minimum Gasteiger partial charge on any atom is -0.499 e. The predicted octanol–water partition coefficient (Wildman–Crippen LogP) is 1.13. The minimum atomic E-state index is 0.516. The van der Waals surface area contributed by atoms with Gasteiger partial charge in [0.2, 0.25) is 0 Å². The lowest BCUT2D eigenvalue weighted by molar-refractivity contribution is -0.00974. The third-order valence-corrected chi connectivity index (χ3v) is 2.27. The molecule has 0 saturated heterocycles. The summed E-state index contributed by atoms with van der Waals surface area (Å²) in [7, 11) is 0. The Kier molecular flexibility index (Phi) is 12.2. The zero-order valence-electron chi connectivity index (χ0n) is 11.8. The Bertz CT molecular complexity index is 228. The molecule has 0 bridgehead atoms. The van der Waals surface area contributed by atoms with Crippen molar-refractivity contribution in [2.45, 2.75) is 0 Å². The molecular weight excluding hydrogens is 264 g/mol. The maximum Gasteiger partial charge on any atom is 0.111 e. The van der Waals surface area contributed by atoms with Crippen LogP contribution in [0.25, 0.3) is 0 Å². The molecule has 6 nitrogen and oxygen atoms in total. The van der Waals surface area contributed by atoms with Crippen LogP contribution in [-0.4, -0.2) is 66.1 Å². The summed E-state index contributed by atoms with van der Waals surface area (Å²) in [5.74, 6) is 0. The standard InChI is InChI=1S/C14H24O6/c1-2-4-16-6-8-18-10-12-20-14-13-19-11-9-17-7-5-15-3-1/h1-4H,5-14H2/b3-1-,4-2+. The third-order valence-electron chi connectivity index (χ3n) is 2.27. The highest BCUT2D eigenvalue weighted by Crippen LogP contribution is 1.87. The van der Waals surface area contributed by atoms with Gasteiger partial charge in [0, 0.05) is 0 Å². The van der Waals surface area contributed by atoms with Gasteiger partial charge < -0.3 is 28.4 Å². The van der Waals surface area contributed by atoms with Crippen molar-refractivity contribution in [2.24, 2.45) is 0 Å². The molecule has 0 N–H and O–H groups in total. The summed E-state index contributed by atoms with van der Waals surface area (Å²) in [5, 5.41) is 0. The van der Waals surface area contributed by atoms with Gasteiger partial charge in [0.15, 0.2) is 0 Å². The normalized spacial score (nSPS) is 24.8. The van der Waals surface area contributed by atoms with Gasteiger partial charge in [-0.1, -0.05) is 0 Å². The van der Waals surface area contributed by atoms with E-state index in [1.165, 1.54) is 0 Å². The first kappa shape index (κ1) is 17.0. The molecule has 0 aromatic rings. The fraction of sp³-hybridized carbons (Fsp3) is 0.714. The Balaban J connectivity index is 2.12. The third kappa shape index (κ3) is 12.0. The lowest BCUT2D eigenvalue weighted by Crippen LogP contribution is -2.13. The molecule has 0 radical (unpaired) electrons. The molecule has 1 aliphatic heterocycles. The molecule has 0 spiro atoms. The number of ether oxygens (including phenoxy) is 6. The molecule has 0 saturated carbocycles. The maximum absolute atomic E-state index is 5.34. The van der Waals surface area contributed by atoms with Gasteiger partial charge in [-0.3, -0.25) is 0 Å². The van der Waals surface area contributed by atoms with E-state index in [1.807, 2.05) is 0 Å². The second-order valence-corrected chi connectivity index (χ2v) is 3.85. The highest BCUT2D eigenvalue weighted by Gasteiger charge is 1.93. The predicted molar refractivity (Wildman–Crippen MR) is 73.5 cm³/mol. The van der Waals surface area contributed by atoms with Gasteiger partial charge in [-0.05, 0) is 12.2 Å². The van der Waals surface area contributed by atoms with Gasteiger partial charge in [0.1, 0.15) is 13.2 Å². The van der Waals surface area contributed by atoms with Crippen LogP contribution in [0.3, 0.4) is 0 Å². The molecule has 0 fully saturated rings. The molecule has 6 heteroatoms. The average molecular weight is 288 g/mol. The van der Waals surface area contributed by atoms with E-state index in [4.69, 9.17) is 28.4 Å². The van der Waals surface area contributed by atoms with Gasteiger partial charge in [0.05, 0.1) is 65.4 Å². The molecule has 0 aromatic heterocycles. The Labute approximate surface area is 120 Å². The Morgan fingerprint density at radius 1 is 0.400 bits per heavy atom. The second-order valence-electron chi connectivity index (χ2n) is 3.85. The van der Waals surface area contributed by atoms with Gasteiger partial charge >= 0.3 is 0 Å². The van der Waals surface area contributed by atoms with E-state index in [0.717, 1.165) is 0 Å². The summed E-state index contributed by atoms with van der Waals surface area (Å²) >= 11 is 0. The van der Waals surface area contributed by atoms with Gasteiger partial charge in [0.25, 0.3) is 0 Å². The molecule has 0 aromatic carbocycles. The summed E-state index contributed by atoms with van der Waals surface area (Å²) in [6.07, 6.45) is 6.73. The van der Waals surface area contributed by atoms with E-state index in [1.54, 1.807) is 24.7 Å². The van der Waals surface area contributed by atoms with Crippen LogP contribution in [0, 0.1) is 0 Å². The maximum atomic E-state index is 5.34. The lowest BCUT2D eigenvalue weighted by Gasteiger charge is -2.07. The lowest BCUT2D eigenvalue weighted by atomic mass is 10.6. The minimum absolute atomic E-state index is 0.516. The summed E-state index contributed by atoms with van der Waals surface area (Å²) in [6, 6.07) is 0. The van der Waals surface area contributed by atoms with E-state index in [0.29, 0.717) is 66.1 Å². The molecule has 0 atom stereocenters. The molecule has 1 heterocycles. The first-order valence-electron chi connectivity index (χ1n) is 6.86. The van der Waals surface area contributed by atoms with E-state index in [9.17, 15) is 0 Å². The summed E-state index contributed by atoms with van der Waals surface area (Å²) in [6.45, 7) is 5.50. The fourth-order valence-corrected chi connectivity index (χ4v) is 1.31. The number of hydrogen-bond donors (Lipinski definition) is 0. The van der Waals surface area contributed by atoms with Crippen LogP contribution >= 0.6 is 0 Å². The zero-order valence-corrected chi connectivity index (χ0v) is 11.8. The summed E-state index contributed by atoms with van der Waals surface area (Å²) in [5.41, 5.74) is 0. The largest absolute Gasteiger partial charge is 0.499 e.